The van der Waals surface area contributed by atoms with Crippen molar-refractivity contribution < 1.29 is 28.6 Å². The molecular formula is C31H27NO6. The number of nitrogens with zero attached hydrogens (tertiary/aromatic N) is 1. The summed E-state index contributed by atoms with van der Waals surface area (Å²) < 4.78 is 16.9. The summed E-state index contributed by atoms with van der Waals surface area (Å²) in [5.74, 6) is -1.06. The third-order valence-electron chi connectivity index (χ3n) is 8.01. The highest BCUT2D eigenvalue weighted by Crippen LogP contribution is 2.61. The Labute approximate surface area is 220 Å². The quantitative estimate of drug-likeness (QED) is 0.364. The molecule has 3 aromatic rings. The molecule has 6 rings (SSSR count). The summed E-state index contributed by atoms with van der Waals surface area (Å²) in [6.07, 6.45) is 3.80. The number of para-hydroxylation sites is 1. The van der Waals surface area contributed by atoms with E-state index in [0.717, 1.165) is 11.3 Å². The van der Waals surface area contributed by atoms with Gasteiger partial charge in [-0.1, -0.05) is 54.6 Å². The predicted octanol–water partition coefficient (Wildman–Crippen LogP) is 4.70. The third kappa shape index (κ3) is 3.05. The molecule has 2 aliphatic heterocycles. The van der Waals surface area contributed by atoms with Crippen molar-refractivity contribution in [2.24, 2.45) is 5.41 Å². The molecule has 3 atom stereocenters. The number of Topliss-reactive ketones (excluding diaryl/α,β-unsaturated/α-hetero) is 2. The van der Waals surface area contributed by atoms with Crippen molar-refractivity contribution in [1.82, 2.24) is 0 Å². The zero-order valence-electron chi connectivity index (χ0n) is 21.3. The van der Waals surface area contributed by atoms with Gasteiger partial charge >= 0.3 is 5.97 Å². The maximum absolute atomic E-state index is 14.6. The number of ketones is 2. The highest BCUT2D eigenvalue weighted by Gasteiger charge is 2.72. The number of carbonyl (C=O) groups excluding carboxylic acids is 3. The number of hydrogen-bond donors (Lipinski definition) is 0. The Kier molecular flexibility index (Phi) is 5.60. The summed E-state index contributed by atoms with van der Waals surface area (Å²) in [4.78, 5) is 44.9. The van der Waals surface area contributed by atoms with Crippen LogP contribution in [-0.2, 0) is 9.53 Å². The van der Waals surface area contributed by atoms with E-state index in [0.29, 0.717) is 28.2 Å². The van der Waals surface area contributed by atoms with E-state index in [9.17, 15) is 14.4 Å². The number of methoxy groups -OCH3 is 2. The van der Waals surface area contributed by atoms with Gasteiger partial charge in [0.05, 0.1) is 26.9 Å². The SMILES string of the molecule is CCOC(=O)[C@@H]1[C@H](c2cc(OC)ccc2OC)C2(C(=O)c3ccccc3C2=O)[C@H]2C=Cc3ccccc3N12. The van der Waals surface area contributed by atoms with Crippen molar-refractivity contribution in [3.8, 4) is 11.5 Å². The number of hydrogen-bond acceptors (Lipinski definition) is 7. The molecule has 1 saturated heterocycles. The lowest BCUT2D eigenvalue weighted by atomic mass is 9.64. The topological polar surface area (TPSA) is 82.1 Å². The lowest BCUT2D eigenvalue weighted by molar-refractivity contribution is -0.145. The summed E-state index contributed by atoms with van der Waals surface area (Å²) in [5, 5.41) is 0. The van der Waals surface area contributed by atoms with Gasteiger partial charge in [0.1, 0.15) is 23.0 Å². The first-order valence-electron chi connectivity index (χ1n) is 12.6. The average Bonchev–Trinajstić information content (AvgIpc) is 3.39. The Balaban J connectivity index is 1.71. The van der Waals surface area contributed by atoms with Gasteiger partial charge in [0.2, 0.25) is 0 Å². The van der Waals surface area contributed by atoms with Crippen LogP contribution in [0, 0.1) is 5.41 Å². The maximum Gasteiger partial charge on any atom is 0.329 e. The largest absolute Gasteiger partial charge is 0.497 e. The standard InChI is InChI=1S/C31H27NO6/c1-4-38-30(35)27-26(22-17-19(36-2)14-15-24(22)37-3)31(28(33)20-10-6-7-11-21(20)29(31)34)25-16-13-18-9-5-8-12-23(18)32(25)27/h5-17,25-27H,4H2,1-3H3/t25-,26+,27+/m1/s1. The number of fused-ring (bicyclic) bond motifs is 5. The minimum Gasteiger partial charge on any atom is -0.497 e. The minimum absolute atomic E-state index is 0.155. The fourth-order valence-electron chi connectivity index (χ4n) is 6.54. The molecule has 0 radical (unpaired) electrons. The molecule has 192 valence electrons. The smallest absolute Gasteiger partial charge is 0.329 e. The van der Waals surface area contributed by atoms with Crippen molar-refractivity contribution in [3.63, 3.8) is 0 Å². The van der Waals surface area contributed by atoms with Crippen LogP contribution in [0.4, 0.5) is 5.69 Å². The van der Waals surface area contributed by atoms with Crippen LogP contribution in [0.5, 0.6) is 11.5 Å². The van der Waals surface area contributed by atoms with Gasteiger partial charge in [-0.25, -0.2) is 4.79 Å². The van der Waals surface area contributed by atoms with Crippen molar-refractivity contribution in [2.75, 3.05) is 25.7 Å². The number of carbonyl (C=O) groups is 3. The van der Waals surface area contributed by atoms with Crippen molar-refractivity contribution in [1.29, 1.82) is 0 Å². The number of anilines is 1. The molecule has 7 nitrogen and oxygen atoms in total. The van der Waals surface area contributed by atoms with Gasteiger partial charge in [0.25, 0.3) is 0 Å². The molecule has 0 N–H and O–H groups in total. The monoisotopic (exact) mass is 509 g/mol. The molecule has 2 heterocycles. The lowest BCUT2D eigenvalue weighted by Crippen LogP contribution is -2.48. The van der Waals surface area contributed by atoms with E-state index in [1.807, 2.05) is 41.3 Å². The van der Waals surface area contributed by atoms with Crippen LogP contribution < -0.4 is 14.4 Å². The summed E-state index contributed by atoms with van der Waals surface area (Å²) in [6.45, 7) is 1.90. The molecule has 7 heteroatoms. The molecule has 3 aliphatic rings. The Hall–Kier alpha value is -4.39. The van der Waals surface area contributed by atoms with Crippen LogP contribution in [0.15, 0.2) is 72.8 Å². The second-order valence-electron chi connectivity index (χ2n) is 9.63. The number of esters is 1. The second kappa shape index (κ2) is 8.87. The summed E-state index contributed by atoms with van der Waals surface area (Å²) >= 11 is 0. The van der Waals surface area contributed by atoms with Crippen LogP contribution in [0.3, 0.4) is 0 Å². The highest BCUT2D eigenvalue weighted by molar-refractivity contribution is 6.32. The van der Waals surface area contributed by atoms with Crippen LogP contribution in [-0.4, -0.2) is 50.4 Å². The van der Waals surface area contributed by atoms with Crippen LogP contribution in [0.2, 0.25) is 0 Å². The molecule has 1 fully saturated rings. The van der Waals surface area contributed by atoms with Gasteiger partial charge in [0.15, 0.2) is 11.6 Å². The molecule has 1 aliphatic carbocycles. The number of benzene rings is 3. The first kappa shape index (κ1) is 24.0. The molecule has 0 aromatic heterocycles. The first-order valence-corrected chi connectivity index (χ1v) is 12.6. The van der Waals surface area contributed by atoms with Crippen LogP contribution >= 0.6 is 0 Å². The molecular weight excluding hydrogens is 482 g/mol. The van der Waals surface area contributed by atoms with E-state index >= 15 is 0 Å². The fraction of sp³-hybridized carbons (Fsp3) is 0.258. The summed E-state index contributed by atoms with van der Waals surface area (Å²) in [6, 6.07) is 18.1. The Morgan fingerprint density at radius 2 is 1.61 bits per heavy atom. The number of rotatable bonds is 5. The predicted molar refractivity (Wildman–Crippen MR) is 142 cm³/mol. The van der Waals surface area contributed by atoms with Crippen LogP contribution in [0.25, 0.3) is 6.08 Å². The Morgan fingerprint density at radius 1 is 0.921 bits per heavy atom. The molecule has 0 saturated carbocycles. The molecule has 0 bridgehead atoms. The summed E-state index contributed by atoms with van der Waals surface area (Å²) in [5.41, 5.74) is 1.30. The molecule has 0 unspecified atom stereocenters. The normalized spacial score (nSPS) is 22.2. The molecule has 1 spiro atoms. The van der Waals surface area contributed by atoms with E-state index in [2.05, 4.69) is 0 Å². The van der Waals surface area contributed by atoms with E-state index in [4.69, 9.17) is 14.2 Å². The minimum atomic E-state index is -1.62. The number of ether oxygens (including phenoxy) is 3. The molecule has 3 aromatic carbocycles. The maximum atomic E-state index is 14.6. The molecule has 0 amide bonds. The van der Waals surface area contributed by atoms with Crippen molar-refractivity contribution >= 4 is 29.3 Å². The average molecular weight is 510 g/mol. The van der Waals surface area contributed by atoms with E-state index in [1.54, 1.807) is 56.5 Å². The van der Waals surface area contributed by atoms with Gasteiger partial charge in [-0.3, -0.25) is 9.59 Å². The van der Waals surface area contributed by atoms with E-state index < -0.39 is 29.4 Å². The zero-order chi connectivity index (χ0) is 26.6. The van der Waals surface area contributed by atoms with Gasteiger partial charge in [-0.15, -0.1) is 0 Å². The van der Waals surface area contributed by atoms with Gasteiger partial charge in [0, 0.05) is 28.3 Å². The van der Waals surface area contributed by atoms with Crippen molar-refractivity contribution in [2.45, 2.75) is 24.9 Å². The van der Waals surface area contributed by atoms with Gasteiger partial charge in [-0.2, -0.15) is 0 Å². The van der Waals surface area contributed by atoms with Gasteiger partial charge < -0.3 is 19.1 Å². The fourth-order valence-corrected chi connectivity index (χ4v) is 6.54. The Bertz CT molecular complexity index is 1470. The molecule has 38 heavy (non-hydrogen) atoms. The van der Waals surface area contributed by atoms with E-state index in [-0.39, 0.29) is 18.2 Å². The highest BCUT2D eigenvalue weighted by atomic mass is 16.5. The first-order chi connectivity index (χ1) is 18.5. The zero-order valence-corrected chi connectivity index (χ0v) is 21.3. The third-order valence-corrected chi connectivity index (χ3v) is 8.01. The summed E-state index contributed by atoms with van der Waals surface area (Å²) in [7, 11) is 3.07. The Morgan fingerprint density at radius 3 is 2.26 bits per heavy atom. The van der Waals surface area contributed by atoms with Crippen molar-refractivity contribution in [3.05, 3.63) is 95.1 Å². The lowest BCUT2D eigenvalue weighted by Gasteiger charge is -2.36. The van der Waals surface area contributed by atoms with E-state index in [1.165, 1.54) is 7.11 Å². The van der Waals surface area contributed by atoms with Crippen LogP contribution in [0.1, 0.15) is 44.7 Å². The van der Waals surface area contributed by atoms with Gasteiger partial charge in [-0.05, 0) is 36.8 Å². The second-order valence-corrected chi connectivity index (χ2v) is 9.63.